The molecule has 1 aliphatic rings. The summed E-state index contributed by atoms with van der Waals surface area (Å²) in [6.07, 6.45) is 3.88. The van der Waals surface area contributed by atoms with Crippen LogP contribution < -0.4 is 5.32 Å². The zero-order valence-electron chi connectivity index (χ0n) is 11.3. The van der Waals surface area contributed by atoms with E-state index < -0.39 is 0 Å². The maximum absolute atomic E-state index is 9.64. The summed E-state index contributed by atoms with van der Waals surface area (Å²) >= 11 is 0. The van der Waals surface area contributed by atoms with Gasteiger partial charge in [0.15, 0.2) is 0 Å². The predicted octanol–water partition coefficient (Wildman–Crippen LogP) is 2.30. The highest BCUT2D eigenvalue weighted by atomic mass is 16.3. The molecule has 106 valence electrons. The second-order valence-electron chi connectivity index (χ2n) is 5.60. The van der Waals surface area contributed by atoms with Crippen LogP contribution in [-0.2, 0) is 0 Å². The zero-order valence-corrected chi connectivity index (χ0v) is 11.3. The molecule has 0 heterocycles. The number of aliphatic hydroxyl groups is 1. The van der Waals surface area contributed by atoms with Gasteiger partial charge in [-0.1, -0.05) is 6.42 Å². The number of phenolic OH excluding ortho intramolecular Hbond substituents is 2. The Hall–Kier alpha value is -1.26. The Morgan fingerprint density at radius 3 is 2.53 bits per heavy atom. The lowest BCUT2D eigenvalue weighted by Gasteiger charge is -2.27. The van der Waals surface area contributed by atoms with E-state index in [4.69, 9.17) is 0 Å². The van der Waals surface area contributed by atoms with Crippen LogP contribution in [0.2, 0.25) is 0 Å². The second kappa shape index (κ2) is 6.26. The molecule has 19 heavy (non-hydrogen) atoms. The van der Waals surface area contributed by atoms with Gasteiger partial charge in [0.05, 0.1) is 6.10 Å². The number of aromatic hydroxyl groups is 2. The number of phenols is 2. The molecule has 0 radical (unpaired) electrons. The van der Waals surface area contributed by atoms with Crippen molar-refractivity contribution in [2.75, 3.05) is 6.54 Å². The Bertz CT molecular complexity index is 402. The fraction of sp³-hybridized carbons (Fsp3) is 0.600. The van der Waals surface area contributed by atoms with E-state index in [1.807, 2.05) is 6.92 Å². The summed E-state index contributed by atoms with van der Waals surface area (Å²) in [6.45, 7) is 2.86. The monoisotopic (exact) mass is 265 g/mol. The van der Waals surface area contributed by atoms with Crippen LogP contribution >= 0.6 is 0 Å². The fourth-order valence-corrected chi connectivity index (χ4v) is 2.78. The molecule has 3 unspecified atom stereocenters. The van der Waals surface area contributed by atoms with Crippen molar-refractivity contribution in [3.63, 3.8) is 0 Å². The number of aliphatic hydroxyl groups excluding tert-OH is 1. The van der Waals surface area contributed by atoms with Gasteiger partial charge in [0, 0.05) is 12.1 Å². The normalized spacial score (nSPS) is 25.2. The van der Waals surface area contributed by atoms with Crippen molar-refractivity contribution >= 4 is 0 Å². The lowest BCUT2D eigenvalue weighted by atomic mass is 9.87. The van der Waals surface area contributed by atoms with E-state index in [9.17, 15) is 15.3 Å². The smallest absolute Gasteiger partial charge is 0.119 e. The van der Waals surface area contributed by atoms with Crippen molar-refractivity contribution in [2.24, 2.45) is 5.92 Å². The lowest BCUT2D eigenvalue weighted by Crippen LogP contribution is -2.30. The van der Waals surface area contributed by atoms with Crippen LogP contribution in [0.5, 0.6) is 11.5 Å². The molecule has 3 atom stereocenters. The van der Waals surface area contributed by atoms with Crippen LogP contribution in [0.25, 0.3) is 0 Å². The summed E-state index contributed by atoms with van der Waals surface area (Å²) in [4.78, 5) is 0. The molecule has 1 saturated carbocycles. The quantitative estimate of drug-likeness (QED) is 0.674. The molecule has 0 bridgehead atoms. The van der Waals surface area contributed by atoms with Crippen molar-refractivity contribution in [1.82, 2.24) is 5.32 Å². The Morgan fingerprint density at radius 1 is 1.21 bits per heavy atom. The Labute approximate surface area is 114 Å². The maximum Gasteiger partial charge on any atom is 0.119 e. The topological polar surface area (TPSA) is 72.7 Å². The first kappa shape index (κ1) is 14.2. The minimum atomic E-state index is -0.152. The Morgan fingerprint density at radius 2 is 1.89 bits per heavy atom. The summed E-state index contributed by atoms with van der Waals surface area (Å²) in [7, 11) is 0. The minimum Gasteiger partial charge on any atom is -0.508 e. The Balaban J connectivity index is 1.88. The van der Waals surface area contributed by atoms with E-state index in [1.165, 1.54) is 6.07 Å². The molecule has 0 saturated heterocycles. The minimum absolute atomic E-state index is 0.0667. The highest BCUT2D eigenvalue weighted by molar-refractivity contribution is 5.37. The molecule has 1 aromatic rings. The number of hydrogen-bond donors (Lipinski definition) is 4. The standard InChI is InChI=1S/C15H23NO3/c1-10(12-6-14(18)8-15(19)7-12)16-9-11-3-2-4-13(17)5-11/h6-8,10-11,13,16-19H,2-5,9H2,1H3. The van der Waals surface area contributed by atoms with Crippen molar-refractivity contribution in [3.8, 4) is 11.5 Å². The molecule has 1 aliphatic carbocycles. The molecule has 4 nitrogen and oxygen atoms in total. The van der Waals surface area contributed by atoms with Crippen LogP contribution in [0, 0.1) is 5.92 Å². The van der Waals surface area contributed by atoms with E-state index in [2.05, 4.69) is 5.32 Å². The zero-order chi connectivity index (χ0) is 13.8. The average molecular weight is 265 g/mol. The second-order valence-corrected chi connectivity index (χ2v) is 5.60. The largest absolute Gasteiger partial charge is 0.508 e. The summed E-state index contributed by atoms with van der Waals surface area (Å²) in [6, 6.07) is 4.71. The highest BCUT2D eigenvalue weighted by Gasteiger charge is 2.20. The molecule has 0 spiro atoms. The van der Waals surface area contributed by atoms with Crippen LogP contribution in [-0.4, -0.2) is 28.0 Å². The molecule has 0 aliphatic heterocycles. The number of rotatable bonds is 4. The third-order valence-corrected chi connectivity index (χ3v) is 3.89. The van der Waals surface area contributed by atoms with Crippen LogP contribution in [0.3, 0.4) is 0 Å². The van der Waals surface area contributed by atoms with E-state index in [0.29, 0.717) is 5.92 Å². The molecule has 2 rings (SSSR count). The fourth-order valence-electron chi connectivity index (χ4n) is 2.78. The lowest BCUT2D eigenvalue weighted by molar-refractivity contribution is 0.0998. The molecule has 0 amide bonds. The molecule has 1 fully saturated rings. The van der Waals surface area contributed by atoms with E-state index in [-0.39, 0.29) is 23.6 Å². The molecule has 1 aromatic carbocycles. The number of hydrogen-bond acceptors (Lipinski definition) is 4. The first-order chi connectivity index (χ1) is 9.04. The van der Waals surface area contributed by atoms with E-state index in [1.54, 1.807) is 12.1 Å². The van der Waals surface area contributed by atoms with Gasteiger partial charge < -0.3 is 20.6 Å². The van der Waals surface area contributed by atoms with E-state index in [0.717, 1.165) is 37.8 Å². The molecule has 4 heteroatoms. The average Bonchev–Trinajstić information content (AvgIpc) is 2.35. The molecular weight excluding hydrogens is 242 g/mol. The highest BCUT2D eigenvalue weighted by Crippen LogP contribution is 2.27. The summed E-state index contributed by atoms with van der Waals surface area (Å²) < 4.78 is 0. The number of benzene rings is 1. The van der Waals surface area contributed by atoms with Crippen LogP contribution in [0.1, 0.15) is 44.2 Å². The van der Waals surface area contributed by atoms with Gasteiger partial charge >= 0.3 is 0 Å². The predicted molar refractivity (Wildman–Crippen MR) is 74.2 cm³/mol. The van der Waals surface area contributed by atoms with Crippen molar-refractivity contribution in [1.29, 1.82) is 0 Å². The third-order valence-electron chi connectivity index (χ3n) is 3.89. The van der Waals surface area contributed by atoms with Crippen LogP contribution in [0.15, 0.2) is 18.2 Å². The van der Waals surface area contributed by atoms with Gasteiger partial charge in [0.25, 0.3) is 0 Å². The van der Waals surface area contributed by atoms with Crippen molar-refractivity contribution in [3.05, 3.63) is 23.8 Å². The van der Waals surface area contributed by atoms with Crippen LogP contribution in [0.4, 0.5) is 0 Å². The van der Waals surface area contributed by atoms with Gasteiger partial charge in [0.2, 0.25) is 0 Å². The van der Waals surface area contributed by atoms with E-state index >= 15 is 0 Å². The first-order valence-electron chi connectivity index (χ1n) is 6.99. The number of nitrogens with one attached hydrogen (secondary N) is 1. The third kappa shape index (κ3) is 4.11. The van der Waals surface area contributed by atoms with Gasteiger partial charge in [-0.05, 0) is 56.3 Å². The maximum atomic E-state index is 9.64. The van der Waals surface area contributed by atoms with Gasteiger partial charge in [-0.15, -0.1) is 0 Å². The van der Waals surface area contributed by atoms with Gasteiger partial charge in [-0.25, -0.2) is 0 Å². The van der Waals surface area contributed by atoms with Crippen molar-refractivity contribution in [2.45, 2.75) is 44.8 Å². The summed E-state index contributed by atoms with van der Waals surface area (Å²) in [5, 5.41) is 32.0. The molecule has 4 N–H and O–H groups in total. The molecular formula is C15H23NO3. The SMILES string of the molecule is CC(NCC1CCCC(O)C1)c1cc(O)cc(O)c1. The van der Waals surface area contributed by atoms with Gasteiger partial charge in [-0.2, -0.15) is 0 Å². The summed E-state index contributed by atoms with van der Waals surface area (Å²) in [5.41, 5.74) is 0.869. The summed E-state index contributed by atoms with van der Waals surface area (Å²) in [5.74, 6) is 0.672. The molecule has 0 aromatic heterocycles. The first-order valence-corrected chi connectivity index (χ1v) is 6.99. The van der Waals surface area contributed by atoms with Crippen molar-refractivity contribution < 1.29 is 15.3 Å². The van der Waals surface area contributed by atoms with Gasteiger partial charge in [0.1, 0.15) is 11.5 Å². The van der Waals surface area contributed by atoms with Gasteiger partial charge in [-0.3, -0.25) is 0 Å². The Kier molecular flexibility index (Phi) is 4.66.